The molecule has 4 aromatic carbocycles. The Bertz CT molecular complexity index is 1850. The van der Waals surface area contributed by atoms with Gasteiger partial charge in [0, 0.05) is 33.5 Å². The number of fused-ring (bicyclic) bond motifs is 2. The third-order valence-electron chi connectivity index (χ3n) is 5.12. The molecule has 14 heteroatoms. The van der Waals surface area contributed by atoms with Gasteiger partial charge in [-0.05, 0) is 35.2 Å². The van der Waals surface area contributed by atoms with Crippen LogP contribution in [-0.4, -0.2) is 44.0 Å². The van der Waals surface area contributed by atoms with Crippen LogP contribution in [-0.2, 0) is 30.4 Å². The van der Waals surface area contributed by atoms with E-state index in [1.54, 1.807) is 0 Å². The zero-order chi connectivity index (χ0) is 25.2. The summed E-state index contributed by atoms with van der Waals surface area (Å²) in [5.74, 6) is -0.645. The molecule has 0 aliphatic rings. The van der Waals surface area contributed by atoms with Gasteiger partial charge in [0.1, 0.15) is 15.5 Å². The van der Waals surface area contributed by atoms with Gasteiger partial charge in [-0.25, -0.2) is 0 Å². The normalized spacial score (nSPS) is 12.9. The van der Waals surface area contributed by atoms with Crippen molar-refractivity contribution in [3.8, 4) is 16.9 Å². The molecule has 0 bridgehead atoms. The van der Waals surface area contributed by atoms with E-state index < -0.39 is 50.8 Å². The van der Waals surface area contributed by atoms with Crippen LogP contribution in [0.15, 0.2) is 69.3 Å². The van der Waals surface area contributed by atoms with E-state index in [4.69, 9.17) is 5.73 Å². The summed E-state index contributed by atoms with van der Waals surface area (Å²) in [6.07, 6.45) is 0. The van der Waals surface area contributed by atoms with E-state index in [9.17, 15) is 44.0 Å². The molecule has 0 aromatic heterocycles. The molecule has 0 spiro atoms. The molecular weight excluding hydrogens is 510 g/mol. The Kier molecular flexibility index (Phi) is 5.35. The molecule has 4 rings (SSSR count). The lowest BCUT2D eigenvalue weighted by Crippen LogP contribution is -2.05. The van der Waals surface area contributed by atoms with E-state index in [1.807, 2.05) is 0 Å². The number of benzene rings is 4. The highest BCUT2D eigenvalue weighted by Gasteiger charge is 2.26. The standard InChI is InChI=1S/C20H15NO10S3/c21-11-6-10-7-12(32(23,24)25)9-17(22)19(10)16(8-11)15-5-4-13-14(20(15)34(29,30)31)2-1-3-18(13)33(26,27)28/h1-9,22H,21H2,(H,23,24,25)(H,26,27,28)(H,29,30,31). The first-order valence-corrected chi connectivity index (χ1v) is 13.5. The fourth-order valence-electron chi connectivity index (χ4n) is 3.87. The highest BCUT2D eigenvalue weighted by Crippen LogP contribution is 2.43. The first-order chi connectivity index (χ1) is 15.6. The van der Waals surface area contributed by atoms with Gasteiger partial charge in [-0.2, -0.15) is 25.3 Å². The Morgan fingerprint density at radius 1 is 0.676 bits per heavy atom. The number of anilines is 1. The zero-order valence-corrected chi connectivity index (χ0v) is 19.2. The van der Waals surface area contributed by atoms with Crippen molar-refractivity contribution in [3.63, 3.8) is 0 Å². The Morgan fingerprint density at radius 3 is 1.94 bits per heavy atom. The maximum Gasteiger partial charge on any atom is 0.295 e. The van der Waals surface area contributed by atoms with Crippen LogP contribution in [0.4, 0.5) is 5.69 Å². The minimum absolute atomic E-state index is 0.0162. The molecule has 0 amide bonds. The van der Waals surface area contributed by atoms with Gasteiger partial charge in [0.15, 0.2) is 0 Å². The summed E-state index contributed by atoms with van der Waals surface area (Å²) in [4.78, 5) is -1.97. The van der Waals surface area contributed by atoms with Crippen molar-refractivity contribution in [2.24, 2.45) is 0 Å². The monoisotopic (exact) mass is 525 g/mol. The van der Waals surface area contributed by atoms with Gasteiger partial charge >= 0.3 is 0 Å². The number of phenols is 1. The quantitative estimate of drug-likeness (QED) is 0.193. The maximum atomic E-state index is 12.4. The number of hydrogen-bond acceptors (Lipinski definition) is 8. The van der Waals surface area contributed by atoms with E-state index in [2.05, 4.69) is 0 Å². The molecule has 0 aliphatic heterocycles. The minimum atomic E-state index is -5.03. The number of rotatable bonds is 4. The smallest absolute Gasteiger partial charge is 0.295 e. The first-order valence-electron chi connectivity index (χ1n) is 9.14. The molecule has 0 saturated carbocycles. The Morgan fingerprint density at radius 2 is 1.35 bits per heavy atom. The van der Waals surface area contributed by atoms with Gasteiger partial charge in [-0.3, -0.25) is 13.7 Å². The summed E-state index contributed by atoms with van der Waals surface area (Å²) < 4.78 is 100. The molecule has 6 N–H and O–H groups in total. The fourth-order valence-corrected chi connectivity index (χ4v) is 6.02. The van der Waals surface area contributed by atoms with Gasteiger partial charge in [0.05, 0.1) is 4.90 Å². The second-order valence-electron chi connectivity index (χ2n) is 7.33. The van der Waals surface area contributed by atoms with E-state index >= 15 is 0 Å². The summed E-state index contributed by atoms with van der Waals surface area (Å²) in [7, 11) is -14.5. The summed E-state index contributed by atoms with van der Waals surface area (Å²) in [5, 5.41) is 10.1. The van der Waals surface area contributed by atoms with E-state index in [1.165, 1.54) is 24.3 Å². The summed E-state index contributed by atoms with van der Waals surface area (Å²) >= 11 is 0. The molecule has 0 atom stereocenters. The van der Waals surface area contributed by atoms with E-state index in [0.717, 1.165) is 30.3 Å². The lowest BCUT2D eigenvalue weighted by atomic mass is 9.94. The van der Waals surface area contributed by atoms with Crippen molar-refractivity contribution >= 4 is 57.6 Å². The number of nitrogen functional groups attached to an aromatic ring is 1. The number of hydrogen-bond donors (Lipinski definition) is 5. The largest absolute Gasteiger partial charge is 0.507 e. The highest BCUT2D eigenvalue weighted by molar-refractivity contribution is 7.86. The van der Waals surface area contributed by atoms with E-state index in [0.29, 0.717) is 0 Å². The van der Waals surface area contributed by atoms with Gasteiger partial charge in [-0.1, -0.05) is 24.3 Å². The van der Waals surface area contributed by atoms with Crippen LogP contribution in [0.1, 0.15) is 0 Å². The molecule has 0 unspecified atom stereocenters. The summed E-state index contributed by atoms with van der Waals surface area (Å²) in [6.45, 7) is 0. The Hall–Kier alpha value is -3.27. The topological polar surface area (TPSA) is 209 Å². The van der Waals surface area contributed by atoms with Crippen LogP contribution < -0.4 is 5.73 Å². The van der Waals surface area contributed by atoms with Crippen molar-refractivity contribution in [2.45, 2.75) is 14.7 Å². The lowest BCUT2D eigenvalue weighted by molar-refractivity contribution is 0.471. The average Bonchev–Trinajstić information content (AvgIpc) is 2.69. The predicted octanol–water partition coefficient (Wildman–Crippen LogP) is 2.69. The molecule has 178 valence electrons. The van der Waals surface area contributed by atoms with E-state index in [-0.39, 0.29) is 38.4 Å². The lowest BCUT2D eigenvalue weighted by Gasteiger charge is -2.16. The molecule has 0 saturated heterocycles. The zero-order valence-electron chi connectivity index (χ0n) is 16.7. The van der Waals surface area contributed by atoms with Crippen molar-refractivity contribution in [3.05, 3.63) is 54.6 Å². The van der Waals surface area contributed by atoms with Crippen molar-refractivity contribution < 1.29 is 44.0 Å². The van der Waals surface area contributed by atoms with Gasteiger partial charge < -0.3 is 10.8 Å². The molecule has 4 aromatic rings. The van der Waals surface area contributed by atoms with Crippen LogP contribution in [0.2, 0.25) is 0 Å². The van der Waals surface area contributed by atoms with Crippen LogP contribution in [0.5, 0.6) is 5.75 Å². The Labute approximate surface area is 193 Å². The minimum Gasteiger partial charge on any atom is -0.507 e. The first kappa shape index (κ1) is 23.9. The van der Waals surface area contributed by atoms with Gasteiger partial charge in [-0.15, -0.1) is 0 Å². The van der Waals surface area contributed by atoms with Crippen LogP contribution in [0.3, 0.4) is 0 Å². The third kappa shape index (κ3) is 4.06. The summed E-state index contributed by atoms with van der Waals surface area (Å²) in [5.41, 5.74) is 5.68. The van der Waals surface area contributed by atoms with Crippen molar-refractivity contribution in [1.82, 2.24) is 0 Å². The van der Waals surface area contributed by atoms with Gasteiger partial charge in [0.25, 0.3) is 30.4 Å². The van der Waals surface area contributed by atoms with Crippen LogP contribution in [0, 0.1) is 0 Å². The molecule has 11 nitrogen and oxygen atoms in total. The van der Waals surface area contributed by atoms with Crippen molar-refractivity contribution in [1.29, 1.82) is 0 Å². The molecule has 34 heavy (non-hydrogen) atoms. The second kappa shape index (κ2) is 7.63. The Balaban J connectivity index is 2.22. The predicted molar refractivity (Wildman–Crippen MR) is 122 cm³/mol. The maximum absolute atomic E-state index is 12.4. The third-order valence-corrected chi connectivity index (χ3v) is 7.82. The SMILES string of the molecule is Nc1cc(-c2ccc3c(S(=O)(=O)O)cccc3c2S(=O)(=O)O)c2c(O)cc(S(=O)(=O)O)cc2c1. The van der Waals surface area contributed by atoms with Gasteiger partial charge in [0.2, 0.25) is 0 Å². The number of aromatic hydroxyl groups is 1. The van der Waals surface area contributed by atoms with Crippen LogP contribution in [0.25, 0.3) is 32.7 Å². The number of nitrogens with two attached hydrogens (primary N) is 1. The number of phenolic OH excluding ortho intramolecular Hbond substituents is 1. The van der Waals surface area contributed by atoms with Crippen LogP contribution >= 0.6 is 0 Å². The molecule has 0 radical (unpaired) electrons. The summed E-state index contributed by atoms with van der Waals surface area (Å²) in [6, 6.07) is 10.1. The average molecular weight is 526 g/mol. The molecule has 0 aliphatic carbocycles. The second-order valence-corrected chi connectivity index (χ2v) is 11.5. The molecule has 0 fully saturated rings. The molecular formula is C20H15NO10S3. The molecule has 0 heterocycles. The highest BCUT2D eigenvalue weighted by atomic mass is 32.2. The van der Waals surface area contributed by atoms with Crippen molar-refractivity contribution in [2.75, 3.05) is 5.73 Å². The fraction of sp³-hybridized carbons (Fsp3) is 0.